The van der Waals surface area contributed by atoms with Crippen LogP contribution in [-0.2, 0) is 0 Å². The van der Waals surface area contributed by atoms with Gasteiger partial charge in [0.1, 0.15) is 0 Å². The van der Waals surface area contributed by atoms with Crippen LogP contribution >= 0.6 is 15.9 Å². The van der Waals surface area contributed by atoms with Gasteiger partial charge in [0.25, 0.3) is 5.54 Å². The van der Waals surface area contributed by atoms with Crippen molar-refractivity contribution < 1.29 is 9.85 Å². The van der Waals surface area contributed by atoms with Gasteiger partial charge in [0.2, 0.25) is 5.54 Å². The van der Waals surface area contributed by atoms with E-state index in [-0.39, 0.29) is 35.8 Å². The monoisotopic (exact) mass is 319 g/mol. The summed E-state index contributed by atoms with van der Waals surface area (Å²) in [6.45, 7) is 2.94. The average Bonchev–Trinajstić information content (AvgIpc) is 2.33. The minimum absolute atomic E-state index is 0.0341. The number of likely N-dealkylation sites (N-methyl/N-ethyl adjacent to an activating group) is 1. The van der Waals surface area contributed by atoms with Crippen molar-refractivity contribution in [1.29, 1.82) is 0 Å². The number of rotatable bonds is 3. The quantitative estimate of drug-likeness (QED) is 0.579. The van der Waals surface area contributed by atoms with E-state index in [1.165, 1.54) is 0 Å². The van der Waals surface area contributed by atoms with Crippen LogP contribution in [0.2, 0.25) is 0 Å². The molecule has 0 N–H and O–H groups in total. The average molecular weight is 320 g/mol. The lowest BCUT2D eigenvalue weighted by Gasteiger charge is -2.44. The Bertz CT molecular complexity index is 441. The zero-order valence-electron chi connectivity index (χ0n) is 9.97. The fourth-order valence-corrected chi connectivity index (χ4v) is 3.47. The second-order valence-electron chi connectivity index (χ2n) is 5.01. The molecule has 0 aromatic rings. The van der Waals surface area contributed by atoms with E-state index in [0.29, 0.717) is 11.0 Å². The van der Waals surface area contributed by atoms with Crippen LogP contribution in [0.1, 0.15) is 19.8 Å². The number of piperidine rings is 1. The van der Waals surface area contributed by atoms with Crippen molar-refractivity contribution in [3.05, 3.63) is 30.8 Å². The van der Waals surface area contributed by atoms with E-state index in [4.69, 9.17) is 0 Å². The third-order valence-corrected chi connectivity index (χ3v) is 4.98. The Hall–Kier alpha value is -1.02. The van der Waals surface area contributed by atoms with Gasteiger partial charge >= 0.3 is 0 Å². The van der Waals surface area contributed by atoms with Gasteiger partial charge in [-0.2, -0.15) is 0 Å². The fourth-order valence-electron chi connectivity index (χ4n) is 2.89. The molecule has 1 saturated heterocycles. The summed E-state index contributed by atoms with van der Waals surface area (Å²) >= 11 is 3.23. The first-order valence-corrected chi connectivity index (χ1v) is 6.53. The van der Waals surface area contributed by atoms with E-state index in [1.807, 2.05) is 6.92 Å². The van der Waals surface area contributed by atoms with Gasteiger partial charge in [-0.15, -0.1) is 0 Å². The number of halogens is 1. The summed E-state index contributed by atoms with van der Waals surface area (Å²) in [5, 5.41) is 22.7. The smallest absolute Gasteiger partial charge is 0.272 e. The number of nitrogens with zero attached hydrogens (tertiary/aromatic N) is 3. The maximum Gasteiger partial charge on any atom is 0.272 e. The number of fused-ring (bicyclic) bond motifs is 2. The van der Waals surface area contributed by atoms with E-state index >= 15 is 0 Å². The third-order valence-electron chi connectivity index (χ3n) is 3.91. The molecule has 18 heavy (non-hydrogen) atoms. The van der Waals surface area contributed by atoms with Crippen LogP contribution in [0.25, 0.3) is 0 Å². The largest absolute Gasteiger partial charge is 0.290 e. The zero-order chi connectivity index (χ0) is 13.6. The van der Waals surface area contributed by atoms with E-state index in [2.05, 4.69) is 15.9 Å². The molecular weight excluding hydrogens is 306 g/mol. The van der Waals surface area contributed by atoms with Gasteiger partial charge in [0.15, 0.2) is 0 Å². The molecule has 2 bridgehead atoms. The number of hydrogen-bond acceptors (Lipinski definition) is 5. The van der Waals surface area contributed by atoms with Crippen LogP contribution in [0, 0.1) is 20.2 Å². The molecule has 2 aliphatic rings. The second-order valence-corrected chi connectivity index (χ2v) is 5.86. The molecule has 0 amide bonds. The topological polar surface area (TPSA) is 89.5 Å². The maximum atomic E-state index is 11.4. The molecule has 0 saturated carbocycles. The summed E-state index contributed by atoms with van der Waals surface area (Å²) in [5.74, 6) is 0. The molecule has 0 aromatic carbocycles. The van der Waals surface area contributed by atoms with Gasteiger partial charge in [-0.05, 0) is 22.5 Å². The van der Waals surface area contributed by atoms with E-state index in [9.17, 15) is 20.2 Å². The summed E-state index contributed by atoms with van der Waals surface area (Å²) < 4.78 is 0.468. The first-order valence-electron chi connectivity index (χ1n) is 5.74. The van der Waals surface area contributed by atoms with Crippen LogP contribution in [0.3, 0.4) is 0 Å². The van der Waals surface area contributed by atoms with E-state index in [0.717, 1.165) is 0 Å². The molecule has 0 unspecified atom stereocenters. The van der Waals surface area contributed by atoms with Crippen molar-refractivity contribution in [3.8, 4) is 0 Å². The molecule has 100 valence electrons. The number of hydrogen-bond donors (Lipinski definition) is 0. The lowest BCUT2D eigenvalue weighted by Crippen LogP contribution is -2.66. The summed E-state index contributed by atoms with van der Waals surface area (Å²) in [6, 6.07) is 0. The second kappa shape index (κ2) is 4.27. The van der Waals surface area contributed by atoms with Gasteiger partial charge in [-0.3, -0.25) is 25.1 Å². The fraction of sp³-hybridized carbons (Fsp3) is 0.800. The number of nitro groups is 2. The van der Waals surface area contributed by atoms with E-state index < -0.39 is 11.1 Å². The molecule has 0 aromatic heterocycles. The predicted molar refractivity (Wildman–Crippen MR) is 67.8 cm³/mol. The van der Waals surface area contributed by atoms with Crippen molar-refractivity contribution >= 4 is 15.9 Å². The summed E-state index contributed by atoms with van der Waals surface area (Å²) in [6.07, 6.45) is 1.81. The summed E-state index contributed by atoms with van der Waals surface area (Å²) in [7, 11) is 0. The zero-order valence-corrected chi connectivity index (χ0v) is 11.6. The Balaban J connectivity index is 2.51. The molecule has 2 rings (SSSR count). The Kier molecular flexibility index (Phi) is 3.18. The Morgan fingerprint density at radius 3 is 2.56 bits per heavy atom. The van der Waals surface area contributed by atoms with Crippen LogP contribution in [0.5, 0.6) is 0 Å². The van der Waals surface area contributed by atoms with Crippen molar-refractivity contribution in [1.82, 2.24) is 4.90 Å². The predicted octanol–water partition coefficient (Wildman–Crippen LogP) is 1.43. The highest BCUT2D eigenvalue weighted by molar-refractivity contribution is 9.11. The summed E-state index contributed by atoms with van der Waals surface area (Å²) in [4.78, 5) is 23.8. The molecule has 7 nitrogen and oxygen atoms in total. The van der Waals surface area contributed by atoms with Crippen LogP contribution in [0.15, 0.2) is 10.6 Å². The lowest BCUT2D eigenvalue weighted by molar-refractivity contribution is -0.620. The minimum Gasteiger partial charge on any atom is -0.290 e. The maximum absolute atomic E-state index is 11.4. The molecule has 1 aliphatic heterocycles. The summed E-state index contributed by atoms with van der Waals surface area (Å²) in [5.41, 5.74) is -2.59. The van der Waals surface area contributed by atoms with Crippen LogP contribution in [0.4, 0.5) is 0 Å². The highest BCUT2D eigenvalue weighted by Crippen LogP contribution is 2.46. The van der Waals surface area contributed by atoms with Crippen LogP contribution in [-0.4, -0.2) is 45.5 Å². The standard InChI is InChI=1S/C10H14BrN3O4/c1-2-12-6-9(13(15)16)4-3-8(11)10(5-9,7-12)14(17)18/h3H,2,4-7H2,1H3/t9-,10-/m1/s1. The molecule has 1 aliphatic carbocycles. The van der Waals surface area contributed by atoms with Crippen molar-refractivity contribution in [3.63, 3.8) is 0 Å². The molecule has 1 heterocycles. The van der Waals surface area contributed by atoms with Crippen LogP contribution < -0.4 is 0 Å². The molecule has 2 atom stereocenters. The molecule has 1 fully saturated rings. The SMILES string of the molecule is CCN1C[C@@]2([N+](=O)[O-])CC=C(Br)[C@]([N+](=O)[O-])(C1)C2. The van der Waals surface area contributed by atoms with Gasteiger partial charge < -0.3 is 0 Å². The Morgan fingerprint density at radius 1 is 1.39 bits per heavy atom. The normalized spacial score (nSPS) is 36.0. The lowest BCUT2D eigenvalue weighted by atomic mass is 9.72. The molecule has 8 heteroatoms. The van der Waals surface area contributed by atoms with Gasteiger partial charge in [-0.1, -0.05) is 13.0 Å². The number of likely N-dealkylation sites (tertiary alicyclic amines) is 1. The van der Waals surface area contributed by atoms with E-state index in [1.54, 1.807) is 11.0 Å². The van der Waals surface area contributed by atoms with Gasteiger partial charge in [-0.25, -0.2) is 0 Å². The molecular formula is C10H14BrN3O4. The van der Waals surface area contributed by atoms with Crippen molar-refractivity contribution in [2.45, 2.75) is 30.8 Å². The highest BCUT2D eigenvalue weighted by Gasteiger charge is 2.64. The Labute approximate surface area is 112 Å². The first-order chi connectivity index (χ1) is 8.36. The Morgan fingerprint density at radius 2 is 2.06 bits per heavy atom. The third kappa shape index (κ3) is 1.74. The van der Waals surface area contributed by atoms with Gasteiger partial charge in [0, 0.05) is 16.3 Å². The van der Waals surface area contributed by atoms with Crippen molar-refractivity contribution in [2.24, 2.45) is 0 Å². The highest BCUT2D eigenvalue weighted by atomic mass is 79.9. The van der Waals surface area contributed by atoms with Gasteiger partial charge in [0.05, 0.1) is 24.0 Å². The first kappa shape index (κ1) is 13.4. The minimum atomic E-state index is -1.36. The molecule has 0 radical (unpaired) electrons. The van der Waals surface area contributed by atoms with Crippen molar-refractivity contribution in [2.75, 3.05) is 19.6 Å². The molecule has 0 spiro atoms.